The van der Waals surface area contributed by atoms with E-state index < -0.39 is 11.5 Å². The van der Waals surface area contributed by atoms with Crippen LogP contribution in [0, 0.1) is 17.2 Å². The largest absolute Gasteiger partial charge is 0.481 e. The number of rotatable bonds is 8. The van der Waals surface area contributed by atoms with Crippen LogP contribution in [0.4, 0.5) is 4.39 Å². The maximum absolute atomic E-state index is 13.7. The van der Waals surface area contributed by atoms with Gasteiger partial charge in [0.25, 0.3) is 5.91 Å². The van der Waals surface area contributed by atoms with E-state index in [2.05, 4.69) is 19.2 Å². The van der Waals surface area contributed by atoms with Crippen molar-refractivity contribution in [3.63, 3.8) is 0 Å². The summed E-state index contributed by atoms with van der Waals surface area (Å²) >= 11 is 0. The molecule has 2 aromatic carbocycles. The molecule has 1 aliphatic heterocycles. The van der Waals surface area contributed by atoms with Crippen LogP contribution in [0.1, 0.15) is 77.1 Å². The second kappa shape index (κ2) is 11.2. The molecule has 3 rings (SSSR count). The molecule has 0 spiro atoms. The smallest absolute Gasteiger partial charge is 0.261 e. The van der Waals surface area contributed by atoms with Gasteiger partial charge in [-0.3, -0.25) is 9.59 Å². The summed E-state index contributed by atoms with van der Waals surface area (Å²) in [6.07, 6.45) is 1.58. The summed E-state index contributed by atoms with van der Waals surface area (Å²) in [6.45, 7) is 13.1. The van der Waals surface area contributed by atoms with Gasteiger partial charge in [0.1, 0.15) is 11.6 Å². The van der Waals surface area contributed by atoms with E-state index in [0.717, 1.165) is 29.5 Å². The van der Waals surface area contributed by atoms with E-state index in [1.165, 1.54) is 12.1 Å². The molecule has 0 bridgehead atoms. The first-order valence-electron chi connectivity index (χ1n) is 12.6. The van der Waals surface area contributed by atoms with Crippen LogP contribution in [0.3, 0.4) is 0 Å². The number of carbonyl (C=O) groups excluding carboxylic acids is 2. The van der Waals surface area contributed by atoms with Crippen molar-refractivity contribution >= 4 is 11.8 Å². The van der Waals surface area contributed by atoms with Crippen LogP contribution in [0.5, 0.6) is 5.75 Å². The number of fused-ring (bicyclic) bond motifs is 1. The molecule has 1 heterocycles. The van der Waals surface area contributed by atoms with Crippen molar-refractivity contribution in [1.29, 1.82) is 0 Å². The molecule has 0 aromatic heterocycles. The summed E-state index contributed by atoms with van der Waals surface area (Å²) in [6, 6.07) is 11.8. The van der Waals surface area contributed by atoms with Crippen LogP contribution in [0.25, 0.3) is 0 Å². The van der Waals surface area contributed by atoms with Gasteiger partial charge in [-0.15, -0.1) is 0 Å². The predicted octanol–water partition coefficient (Wildman–Crippen LogP) is 5.67. The van der Waals surface area contributed by atoms with Crippen LogP contribution < -0.4 is 10.1 Å². The molecule has 0 unspecified atom stereocenters. The molecule has 35 heavy (non-hydrogen) atoms. The van der Waals surface area contributed by atoms with Crippen LogP contribution in [-0.2, 0) is 16.0 Å². The first-order chi connectivity index (χ1) is 16.5. The van der Waals surface area contributed by atoms with Gasteiger partial charge in [0.05, 0.1) is 6.04 Å². The number of amides is 2. The lowest BCUT2D eigenvalue weighted by Gasteiger charge is -2.41. The lowest BCUT2D eigenvalue weighted by molar-refractivity contribution is -0.141. The van der Waals surface area contributed by atoms with Crippen molar-refractivity contribution in [2.75, 3.05) is 13.1 Å². The molecule has 6 heteroatoms. The zero-order valence-corrected chi connectivity index (χ0v) is 21.9. The Balaban J connectivity index is 1.93. The molecule has 190 valence electrons. The fourth-order valence-electron chi connectivity index (χ4n) is 4.41. The summed E-state index contributed by atoms with van der Waals surface area (Å²) in [5.41, 5.74) is 2.37. The molecule has 0 fully saturated rings. The minimum Gasteiger partial charge on any atom is -0.481 e. The van der Waals surface area contributed by atoms with Crippen molar-refractivity contribution in [1.82, 2.24) is 10.2 Å². The Morgan fingerprint density at radius 1 is 1.14 bits per heavy atom. The molecule has 1 aliphatic rings. The second-order valence-corrected chi connectivity index (χ2v) is 10.8. The van der Waals surface area contributed by atoms with E-state index in [1.807, 2.05) is 50.8 Å². The van der Waals surface area contributed by atoms with E-state index >= 15 is 0 Å². The number of carbonyl (C=O) groups is 2. The highest BCUT2D eigenvalue weighted by Crippen LogP contribution is 2.39. The summed E-state index contributed by atoms with van der Waals surface area (Å²) in [5.74, 6) is 0.709. The van der Waals surface area contributed by atoms with E-state index in [-0.39, 0.29) is 23.7 Å². The number of nitrogens with zero attached hydrogens (tertiary/aromatic N) is 1. The van der Waals surface area contributed by atoms with Gasteiger partial charge < -0.3 is 15.0 Å². The van der Waals surface area contributed by atoms with Gasteiger partial charge in [0, 0.05) is 18.5 Å². The Morgan fingerprint density at radius 3 is 2.43 bits per heavy atom. The highest BCUT2D eigenvalue weighted by molar-refractivity contribution is 5.83. The summed E-state index contributed by atoms with van der Waals surface area (Å²) in [5, 5.41) is 2.97. The van der Waals surface area contributed by atoms with Gasteiger partial charge in [-0.25, -0.2) is 4.39 Å². The summed E-state index contributed by atoms with van der Waals surface area (Å²) in [7, 11) is 0. The zero-order valence-electron chi connectivity index (χ0n) is 21.9. The first kappa shape index (κ1) is 26.7. The first-order valence-corrected chi connectivity index (χ1v) is 12.6. The van der Waals surface area contributed by atoms with Gasteiger partial charge in [0.2, 0.25) is 5.91 Å². The maximum atomic E-state index is 13.7. The van der Waals surface area contributed by atoms with Gasteiger partial charge >= 0.3 is 0 Å². The Bertz CT molecular complexity index is 1030. The van der Waals surface area contributed by atoms with Crippen molar-refractivity contribution in [3.8, 4) is 5.75 Å². The van der Waals surface area contributed by atoms with Crippen molar-refractivity contribution in [3.05, 3.63) is 65.0 Å². The zero-order chi connectivity index (χ0) is 25.8. The van der Waals surface area contributed by atoms with Crippen molar-refractivity contribution in [2.24, 2.45) is 11.3 Å². The number of ether oxygens (including phenoxy) is 1. The Labute approximate surface area is 209 Å². The number of hydrogen-bond acceptors (Lipinski definition) is 3. The van der Waals surface area contributed by atoms with Gasteiger partial charge in [-0.1, -0.05) is 59.7 Å². The van der Waals surface area contributed by atoms with E-state index in [9.17, 15) is 14.0 Å². The molecular weight excluding hydrogens is 443 g/mol. The number of benzene rings is 2. The Morgan fingerprint density at radius 2 is 1.83 bits per heavy atom. The molecule has 1 N–H and O–H groups in total. The molecule has 2 atom stereocenters. The average molecular weight is 483 g/mol. The average Bonchev–Trinajstić information content (AvgIpc) is 2.81. The molecule has 0 aliphatic carbocycles. The molecular formula is C29H39FN2O3. The number of halogens is 1. The SMILES string of the molecule is CC[C@H](Oc1ccc2c(c1)[C@@H](c1ccc(F)cc1)N(C(=O)C(C)(C)C)CC2)C(=O)NCCC(C)C. The highest BCUT2D eigenvalue weighted by Gasteiger charge is 2.37. The maximum Gasteiger partial charge on any atom is 0.261 e. The minimum atomic E-state index is -0.597. The van der Waals surface area contributed by atoms with E-state index in [1.54, 1.807) is 12.1 Å². The van der Waals surface area contributed by atoms with E-state index in [4.69, 9.17) is 4.74 Å². The predicted molar refractivity (Wildman–Crippen MR) is 137 cm³/mol. The van der Waals surface area contributed by atoms with Crippen LogP contribution >= 0.6 is 0 Å². The fourth-order valence-corrected chi connectivity index (χ4v) is 4.41. The standard InChI is InChI=1S/C29H39FN2O3/c1-7-25(27(33)31-16-14-19(2)3)35-23-13-10-20-15-17-32(28(34)29(4,5)6)26(24(20)18-23)21-8-11-22(30)12-9-21/h8-13,18-19,25-26H,7,14-17H2,1-6H3,(H,31,33)/t25-,26+/m0/s1. The topological polar surface area (TPSA) is 58.6 Å². The van der Waals surface area contributed by atoms with Gasteiger partial charge in [0.15, 0.2) is 6.10 Å². The minimum absolute atomic E-state index is 0.0414. The number of hydrogen-bond donors (Lipinski definition) is 1. The normalized spacial score (nSPS) is 16.6. The molecule has 2 aromatic rings. The van der Waals surface area contributed by atoms with Gasteiger partial charge in [-0.05, 0) is 66.1 Å². The lowest BCUT2D eigenvalue weighted by Crippen LogP contribution is -2.45. The molecule has 0 saturated heterocycles. The summed E-state index contributed by atoms with van der Waals surface area (Å²) < 4.78 is 19.9. The van der Waals surface area contributed by atoms with Crippen molar-refractivity contribution < 1.29 is 18.7 Å². The third-order valence-electron chi connectivity index (χ3n) is 6.40. The Kier molecular flexibility index (Phi) is 8.57. The molecule has 2 amide bonds. The van der Waals surface area contributed by atoms with Crippen LogP contribution in [-0.4, -0.2) is 35.9 Å². The molecule has 0 saturated carbocycles. The van der Waals surface area contributed by atoms with Crippen molar-refractivity contribution in [2.45, 2.75) is 73.0 Å². The molecule has 0 radical (unpaired) electrons. The number of nitrogens with one attached hydrogen (secondary N) is 1. The lowest BCUT2D eigenvalue weighted by atomic mass is 9.85. The summed E-state index contributed by atoms with van der Waals surface area (Å²) in [4.78, 5) is 28.0. The van der Waals surface area contributed by atoms with Crippen LogP contribution in [0.15, 0.2) is 42.5 Å². The Hall–Kier alpha value is -2.89. The fraction of sp³-hybridized carbons (Fsp3) is 0.517. The van der Waals surface area contributed by atoms with Gasteiger partial charge in [-0.2, -0.15) is 0 Å². The monoisotopic (exact) mass is 482 g/mol. The third kappa shape index (κ3) is 6.62. The quantitative estimate of drug-likeness (QED) is 0.528. The molecule has 5 nitrogen and oxygen atoms in total. The third-order valence-corrected chi connectivity index (χ3v) is 6.40. The highest BCUT2D eigenvalue weighted by atomic mass is 19.1. The van der Waals surface area contributed by atoms with E-state index in [0.29, 0.717) is 31.2 Å². The second-order valence-electron chi connectivity index (χ2n) is 10.8. The van der Waals surface area contributed by atoms with Crippen LogP contribution in [0.2, 0.25) is 0 Å².